The molecule has 30 heavy (non-hydrogen) atoms. The molecule has 0 amide bonds. The fourth-order valence-electron chi connectivity index (χ4n) is 4.11. The molecule has 0 fully saturated rings. The van der Waals surface area contributed by atoms with Crippen LogP contribution < -0.4 is 16.1 Å². The zero-order valence-electron chi connectivity index (χ0n) is 16.7. The highest BCUT2D eigenvalue weighted by molar-refractivity contribution is 6.31. The van der Waals surface area contributed by atoms with E-state index in [4.69, 9.17) is 16.6 Å². The lowest BCUT2D eigenvalue weighted by Crippen LogP contribution is -2.40. The van der Waals surface area contributed by atoms with Crippen LogP contribution in [-0.2, 0) is 20.1 Å². The molecule has 152 valence electrons. The molecule has 0 saturated heterocycles. The van der Waals surface area contributed by atoms with Crippen molar-refractivity contribution < 1.29 is 0 Å². The minimum Gasteiger partial charge on any atom is -0.310 e. The summed E-state index contributed by atoms with van der Waals surface area (Å²) in [6, 6.07) is 15.3. The number of fused-ring (bicyclic) bond motifs is 3. The first-order chi connectivity index (χ1) is 14.5. The summed E-state index contributed by atoms with van der Waals surface area (Å²) in [4.78, 5) is 33.1. The first kappa shape index (κ1) is 18.7. The number of hydrogen-bond acceptors (Lipinski definition) is 4. The summed E-state index contributed by atoms with van der Waals surface area (Å²) in [6.07, 6.45) is 0. The normalized spacial score (nSPS) is 13.2. The maximum Gasteiger partial charge on any atom is 0.332 e. The fourth-order valence-corrected chi connectivity index (χ4v) is 4.30. The van der Waals surface area contributed by atoms with E-state index in [1.54, 1.807) is 13.1 Å². The second-order valence-electron chi connectivity index (χ2n) is 7.50. The van der Waals surface area contributed by atoms with Gasteiger partial charge in [0.1, 0.15) is 0 Å². The molecule has 2 aromatic heterocycles. The van der Waals surface area contributed by atoms with Crippen molar-refractivity contribution >= 4 is 34.4 Å². The number of aryl methyl sites for hydroxylation is 2. The van der Waals surface area contributed by atoms with Gasteiger partial charge in [-0.2, -0.15) is 4.98 Å². The maximum atomic E-state index is 13.4. The molecular weight excluding hydrogens is 402 g/mol. The number of aromatic nitrogens is 4. The molecule has 2 aromatic carbocycles. The van der Waals surface area contributed by atoms with Crippen LogP contribution in [0.2, 0.25) is 5.02 Å². The van der Waals surface area contributed by atoms with Crippen molar-refractivity contribution in [2.75, 3.05) is 11.4 Å². The molecule has 0 saturated carbocycles. The third-order valence-electron chi connectivity index (χ3n) is 5.69. The number of imidazole rings is 1. The summed E-state index contributed by atoms with van der Waals surface area (Å²) in [5.41, 5.74) is 2.98. The lowest BCUT2D eigenvalue weighted by molar-refractivity contribution is 0.652. The molecule has 0 spiro atoms. The van der Waals surface area contributed by atoms with Crippen molar-refractivity contribution in [2.24, 2.45) is 7.05 Å². The number of para-hydroxylation sites is 1. The highest BCUT2D eigenvalue weighted by Gasteiger charge is 2.29. The van der Waals surface area contributed by atoms with Crippen molar-refractivity contribution in [3.05, 3.63) is 85.5 Å². The van der Waals surface area contributed by atoms with Gasteiger partial charge in [0.15, 0.2) is 11.2 Å². The van der Waals surface area contributed by atoms with Crippen molar-refractivity contribution in [1.82, 2.24) is 18.7 Å². The topological polar surface area (TPSA) is 65.1 Å². The van der Waals surface area contributed by atoms with E-state index in [9.17, 15) is 9.59 Å². The van der Waals surface area contributed by atoms with Gasteiger partial charge in [-0.25, -0.2) is 4.79 Å². The Hall–Kier alpha value is -3.32. The van der Waals surface area contributed by atoms with Crippen molar-refractivity contribution in [3.8, 4) is 0 Å². The molecule has 3 heterocycles. The molecule has 0 aliphatic carbocycles. The zero-order chi connectivity index (χ0) is 21.0. The lowest BCUT2D eigenvalue weighted by atomic mass is 10.2. The smallest absolute Gasteiger partial charge is 0.310 e. The highest BCUT2D eigenvalue weighted by atomic mass is 35.5. The van der Waals surface area contributed by atoms with E-state index in [-0.39, 0.29) is 12.1 Å². The Morgan fingerprint density at radius 1 is 1.03 bits per heavy atom. The summed E-state index contributed by atoms with van der Waals surface area (Å²) in [5, 5.41) is 0.524. The predicted octanol–water partition coefficient (Wildman–Crippen LogP) is 3.06. The standard InChI is InChI=1S/C22H20ClN5O2/c1-14-7-3-6-10-17(14)26-11-12-27-18-19(24-21(26)27)25(2)22(30)28(20(18)29)13-15-8-4-5-9-16(15)23/h3-10H,11-13H2,1-2H3. The molecule has 4 aromatic rings. The van der Waals surface area contributed by atoms with E-state index in [2.05, 4.69) is 4.90 Å². The van der Waals surface area contributed by atoms with Gasteiger partial charge in [-0.1, -0.05) is 48.0 Å². The van der Waals surface area contributed by atoms with Crippen LogP contribution in [0.5, 0.6) is 0 Å². The maximum absolute atomic E-state index is 13.4. The van der Waals surface area contributed by atoms with Crippen molar-refractivity contribution in [2.45, 2.75) is 20.0 Å². The molecule has 5 rings (SSSR count). The van der Waals surface area contributed by atoms with Gasteiger partial charge in [0.05, 0.1) is 6.54 Å². The van der Waals surface area contributed by atoms with Crippen LogP contribution in [0.15, 0.2) is 58.1 Å². The summed E-state index contributed by atoms with van der Waals surface area (Å²) in [6.45, 7) is 3.51. The van der Waals surface area contributed by atoms with E-state index in [0.717, 1.165) is 23.4 Å². The van der Waals surface area contributed by atoms with Gasteiger partial charge in [-0.05, 0) is 30.2 Å². The number of hydrogen-bond donors (Lipinski definition) is 0. The van der Waals surface area contributed by atoms with E-state index in [1.807, 2.05) is 54.0 Å². The summed E-state index contributed by atoms with van der Waals surface area (Å²) >= 11 is 6.26. The number of nitrogens with zero attached hydrogens (tertiary/aromatic N) is 5. The molecule has 0 atom stereocenters. The first-order valence-corrected chi connectivity index (χ1v) is 10.1. The summed E-state index contributed by atoms with van der Waals surface area (Å²) in [7, 11) is 1.65. The largest absolute Gasteiger partial charge is 0.332 e. The van der Waals surface area contributed by atoms with Gasteiger partial charge < -0.3 is 9.47 Å². The van der Waals surface area contributed by atoms with E-state index < -0.39 is 5.69 Å². The van der Waals surface area contributed by atoms with Gasteiger partial charge in [-0.15, -0.1) is 0 Å². The summed E-state index contributed by atoms with van der Waals surface area (Å²) in [5.74, 6) is 0.682. The first-order valence-electron chi connectivity index (χ1n) is 9.74. The van der Waals surface area contributed by atoms with Gasteiger partial charge in [0.2, 0.25) is 5.95 Å². The molecule has 0 bridgehead atoms. The highest BCUT2D eigenvalue weighted by Crippen LogP contribution is 2.33. The fraction of sp³-hybridized carbons (Fsp3) is 0.227. The molecule has 0 unspecified atom stereocenters. The monoisotopic (exact) mass is 421 g/mol. The predicted molar refractivity (Wildman–Crippen MR) is 118 cm³/mol. The Labute approximate surface area is 177 Å². The number of anilines is 2. The van der Waals surface area contributed by atoms with Crippen molar-refractivity contribution in [1.29, 1.82) is 0 Å². The van der Waals surface area contributed by atoms with Crippen LogP contribution in [-0.4, -0.2) is 25.2 Å². The third kappa shape index (κ3) is 2.69. The second kappa shape index (κ2) is 6.88. The average molecular weight is 422 g/mol. The number of halogens is 1. The Kier molecular flexibility index (Phi) is 4.29. The third-order valence-corrected chi connectivity index (χ3v) is 6.06. The number of benzene rings is 2. The van der Waals surface area contributed by atoms with E-state index in [1.165, 1.54) is 9.13 Å². The quantitative estimate of drug-likeness (QED) is 0.510. The SMILES string of the molecule is Cc1ccccc1N1CCn2c1nc1c2c(=O)n(Cc2ccccc2Cl)c(=O)n1C. The van der Waals surface area contributed by atoms with Crippen molar-refractivity contribution in [3.63, 3.8) is 0 Å². The van der Waals surface area contributed by atoms with Crippen LogP contribution in [0.3, 0.4) is 0 Å². The Bertz CT molecular complexity index is 1420. The Balaban J connectivity index is 1.71. The van der Waals surface area contributed by atoms with Crippen LogP contribution in [0.1, 0.15) is 11.1 Å². The average Bonchev–Trinajstić information content (AvgIpc) is 3.31. The lowest BCUT2D eigenvalue weighted by Gasteiger charge is -2.18. The van der Waals surface area contributed by atoms with Crippen LogP contribution >= 0.6 is 11.6 Å². The minimum atomic E-state index is -0.411. The van der Waals surface area contributed by atoms with Gasteiger partial charge in [0, 0.05) is 30.8 Å². The minimum absolute atomic E-state index is 0.114. The van der Waals surface area contributed by atoms with E-state index >= 15 is 0 Å². The van der Waals surface area contributed by atoms with Crippen LogP contribution in [0.25, 0.3) is 11.2 Å². The molecule has 8 heteroatoms. The van der Waals surface area contributed by atoms with Gasteiger partial charge in [-0.3, -0.25) is 13.9 Å². The molecule has 7 nitrogen and oxygen atoms in total. The number of rotatable bonds is 3. The molecule has 0 N–H and O–H groups in total. The van der Waals surface area contributed by atoms with Crippen LogP contribution in [0, 0.1) is 6.92 Å². The zero-order valence-corrected chi connectivity index (χ0v) is 17.4. The molecule has 0 radical (unpaired) electrons. The van der Waals surface area contributed by atoms with Gasteiger partial charge in [0.25, 0.3) is 5.56 Å². The van der Waals surface area contributed by atoms with E-state index in [0.29, 0.717) is 28.7 Å². The van der Waals surface area contributed by atoms with Crippen LogP contribution in [0.4, 0.5) is 11.6 Å². The molecular formula is C22H20ClN5O2. The second-order valence-corrected chi connectivity index (χ2v) is 7.91. The molecule has 1 aliphatic rings. The summed E-state index contributed by atoms with van der Waals surface area (Å²) < 4.78 is 4.58. The Morgan fingerprint density at radius 2 is 1.77 bits per heavy atom. The Morgan fingerprint density at radius 3 is 2.53 bits per heavy atom. The van der Waals surface area contributed by atoms with Gasteiger partial charge >= 0.3 is 5.69 Å². The molecule has 1 aliphatic heterocycles.